The fourth-order valence-electron chi connectivity index (χ4n) is 1.99. The number of nitrogens with one attached hydrogen (secondary N) is 1. The van der Waals surface area contributed by atoms with E-state index in [0.717, 1.165) is 5.56 Å². The third-order valence-corrected chi connectivity index (χ3v) is 4.63. The summed E-state index contributed by atoms with van der Waals surface area (Å²) >= 11 is 0. The molecule has 2 rings (SSSR count). The van der Waals surface area contributed by atoms with E-state index in [1.165, 1.54) is 0 Å². The van der Waals surface area contributed by atoms with Gasteiger partial charge in [-0.15, -0.1) is 0 Å². The molecule has 0 aromatic heterocycles. The Morgan fingerprint density at radius 1 is 1.13 bits per heavy atom. The SMILES string of the molecule is C=C/C=C\c1cc(OC)ccc1NS(=O)(=O)c1ccc(C)cc1. The first-order valence-electron chi connectivity index (χ1n) is 7.03. The van der Waals surface area contributed by atoms with Crippen LogP contribution in [0, 0.1) is 6.92 Å². The summed E-state index contributed by atoms with van der Waals surface area (Å²) in [6, 6.07) is 11.8. The second kappa shape index (κ2) is 7.15. The smallest absolute Gasteiger partial charge is 0.261 e. The van der Waals surface area contributed by atoms with Gasteiger partial charge in [0.2, 0.25) is 0 Å². The number of hydrogen-bond acceptors (Lipinski definition) is 3. The zero-order valence-corrected chi connectivity index (χ0v) is 13.9. The van der Waals surface area contributed by atoms with Gasteiger partial charge in [-0.25, -0.2) is 8.42 Å². The minimum Gasteiger partial charge on any atom is -0.497 e. The highest BCUT2D eigenvalue weighted by Crippen LogP contribution is 2.26. The molecule has 0 atom stereocenters. The Morgan fingerprint density at radius 2 is 1.83 bits per heavy atom. The van der Waals surface area contributed by atoms with Gasteiger partial charge in [-0.1, -0.05) is 42.5 Å². The zero-order valence-electron chi connectivity index (χ0n) is 13.1. The molecule has 23 heavy (non-hydrogen) atoms. The average molecular weight is 329 g/mol. The summed E-state index contributed by atoms with van der Waals surface area (Å²) in [6.07, 6.45) is 5.12. The monoisotopic (exact) mass is 329 g/mol. The summed E-state index contributed by atoms with van der Waals surface area (Å²) in [5.41, 5.74) is 2.17. The van der Waals surface area contributed by atoms with Crippen molar-refractivity contribution in [1.29, 1.82) is 0 Å². The van der Waals surface area contributed by atoms with Crippen molar-refractivity contribution in [3.8, 4) is 5.75 Å². The number of ether oxygens (including phenoxy) is 1. The Balaban J connectivity index is 2.40. The molecule has 0 aliphatic rings. The molecule has 5 heteroatoms. The van der Waals surface area contributed by atoms with Crippen LogP contribution in [0.5, 0.6) is 5.75 Å². The van der Waals surface area contributed by atoms with Crippen LogP contribution in [0.4, 0.5) is 5.69 Å². The first kappa shape index (κ1) is 16.8. The maximum atomic E-state index is 12.5. The third-order valence-electron chi connectivity index (χ3n) is 3.25. The lowest BCUT2D eigenvalue weighted by atomic mass is 10.1. The van der Waals surface area contributed by atoms with Crippen molar-refractivity contribution >= 4 is 21.8 Å². The molecule has 0 heterocycles. The first-order valence-corrected chi connectivity index (χ1v) is 8.51. The van der Waals surface area contributed by atoms with Crippen molar-refractivity contribution in [2.24, 2.45) is 0 Å². The standard InChI is InChI=1S/C18H19NO3S/c1-4-5-6-15-13-16(22-3)9-12-18(15)19-23(20,21)17-10-7-14(2)8-11-17/h4-13,19H,1H2,2-3H3/b6-5-. The predicted molar refractivity (Wildman–Crippen MR) is 94.2 cm³/mol. The van der Waals surface area contributed by atoms with Crippen LogP contribution in [-0.2, 0) is 10.0 Å². The van der Waals surface area contributed by atoms with Crippen LogP contribution in [-0.4, -0.2) is 15.5 Å². The molecule has 2 aromatic rings. The van der Waals surface area contributed by atoms with Crippen LogP contribution in [0.1, 0.15) is 11.1 Å². The van der Waals surface area contributed by atoms with Gasteiger partial charge in [0, 0.05) is 5.56 Å². The van der Waals surface area contributed by atoms with Crippen LogP contribution in [0.15, 0.2) is 66.1 Å². The van der Waals surface area contributed by atoms with Crippen molar-refractivity contribution in [3.63, 3.8) is 0 Å². The van der Waals surface area contributed by atoms with Gasteiger partial charge in [0.15, 0.2) is 0 Å². The van der Waals surface area contributed by atoms with Crippen molar-refractivity contribution in [2.75, 3.05) is 11.8 Å². The Kier molecular flexibility index (Phi) is 5.24. The van der Waals surface area contributed by atoms with Crippen molar-refractivity contribution in [1.82, 2.24) is 0 Å². The number of anilines is 1. The molecule has 0 fully saturated rings. The van der Waals surface area contributed by atoms with E-state index >= 15 is 0 Å². The van der Waals surface area contributed by atoms with Crippen LogP contribution in [0.25, 0.3) is 6.08 Å². The number of hydrogen-bond donors (Lipinski definition) is 1. The normalized spacial score (nSPS) is 11.4. The molecule has 0 saturated carbocycles. The number of benzene rings is 2. The van der Waals surface area contributed by atoms with Gasteiger partial charge in [-0.2, -0.15) is 0 Å². The molecular weight excluding hydrogens is 310 g/mol. The highest BCUT2D eigenvalue weighted by molar-refractivity contribution is 7.92. The van der Waals surface area contributed by atoms with Crippen LogP contribution in [0.3, 0.4) is 0 Å². The average Bonchev–Trinajstić information content (AvgIpc) is 2.54. The second-order valence-corrected chi connectivity index (χ2v) is 6.65. The third kappa shape index (κ3) is 4.23. The van der Waals surface area contributed by atoms with Gasteiger partial charge in [0.25, 0.3) is 10.0 Å². The maximum Gasteiger partial charge on any atom is 0.261 e. The van der Waals surface area contributed by atoms with Crippen LogP contribution in [0.2, 0.25) is 0 Å². The minimum absolute atomic E-state index is 0.220. The molecule has 2 aromatic carbocycles. The van der Waals surface area contributed by atoms with E-state index < -0.39 is 10.0 Å². The lowest BCUT2D eigenvalue weighted by Gasteiger charge is -2.12. The molecule has 4 nitrogen and oxygen atoms in total. The van der Waals surface area contributed by atoms with Gasteiger partial charge >= 0.3 is 0 Å². The number of sulfonamides is 1. The quantitative estimate of drug-likeness (QED) is 0.815. The van der Waals surface area contributed by atoms with Crippen LogP contribution < -0.4 is 9.46 Å². The van der Waals surface area contributed by atoms with E-state index in [-0.39, 0.29) is 4.90 Å². The Morgan fingerprint density at radius 3 is 2.43 bits per heavy atom. The summed E-state index contributed by atoms with van der Waals surface area (Å²) in [5, 5.41) is 0. The summed E-state index contributed by atoms with van der Waals surface area (Å²) in [7, 11) is -2.09. The number of rotatable bonds is 6. The van der Waals surface area contributed by atoms with E-state index in [2.05, 4.69) is 11.3 Å². The van der Waals surface area contributed by atoms with Gasteiger partial charge in [-0.3, -0.25) is 4.72 Å². The lowest BCUT2D eigenvalue weighted by molar-refractivity contribution is 0.415. The fourth-order valence-corrected chi connectivity index (χ4v) is 3.08. The Bertz CT molecular complexity index is 822. The van der Waals surface area contributed by atoms with E-state index in [0.29, 0.717) is 17.0 Å². The molecule has 0 spiro atoms. The molecule has 0 bridgehead atoms. The molecule has 0 radical (unpaired) electrons. The van der Waals surface area contributed by atoms with Gasteiger partial charge < -0.3 is 4.74 Å². The topological polar surface area (TPSA) is 55.4 Å². The van der Waals surface area contributed by atoms with E-state index in [1.54, 1.807) is 67.8 Å². The Labute approximate surface area is 137 Å². The van der Waals surface area contributed by atoms with Gasteiger partial charge in [0.1, 0.15) is 5.75 Å². The summed E-state index contributed by atoms with van der Waals surface area (Å²) in [4.78, 5) is 0.220. The summed E-state index contributed by atoms with van der Waals surface area (Å²) in [6.45, 7) is 5.53. The molecule has 120 valence electrons. The Hall–Kier alpha value is -2.53. The number of methoxy groups -OCH3 is 1. The largest absolute Gasteiger partial charge is 0.497 e. The molecule has 0 aliphatic heterocycles. The van der Waals surface area contributed by atoms with Crippen molar-refractivity contribution in [3.05, 3.63) is 72.3 Å². The molecule has 1 N–H and O–H groups in total. The van der Waals surface area contributed by atoms with Gasteiger partial charge in [0.05, 0.1) is 17.7 Å². The molecule has 0 saturated heterocycles. The lowest BCUT2D eigenvalue weighted by Crippen LogP contribution is -2.13. The highest BCUT2D eigenvalue weighted by Gasteiger charge is 2.15. The summed E-state index contributed by atoms with van der Waals surface area (Å²) < 4.78 is 32.8. The fraction of sp³-hybridized carbons (Fsp3) is 0.111. The maximum absolute atomic E-state index is 12.5. The first-order chi connectivity index (χ1) is 11.0. The van der Waals surface area contributed by atoms with E-state index in [9.17, 15) is 8.42 Å². The van der Waals surface area contributed by atoms with Crippen molar-refractivity contribution < 1.29 is 13.2 Å². The number of allylic oxidation sites excluding steroid dienone is 2. The molecule has 0 aliphatic carbocycles. The molecule has 0 unspecified atom stereocenters. The second-order valence-electron chi connectivity index (χ2n) is 4.97. The molecular formula is C18H19NO3S. The van der Waals surface area contributed by atoms with E-state index in [4.69, 9.17) is 4.74 Å². The molecule has 0 amide bonds. The zero-order chi connectivity index (χ0) is 16.9. The van der Waals surface area contributed by atoms with E-state index in [1.807, 2.05) is 6.92 Å². The van der Waals surface area contributed by atoms with Crippen LogP contribution >= 0.6 is 0 Å². The van der Waals surface area contributed by atoms with Crippen molar-refractivity contribution in [2.45, 2.75) is 11.8 Å². The van der Waals surface area contributed by atoms with Gasteiger partial charge in [-0.05, 0) is 37.3 Å². The minimum atomic E-state index is -3.65. The summed E-state index contributed by atoms with van der Waals surface area (Å²) in [5.74, 6) is 0.645. The number of aryl methyl sites for hydroxylation is 1. The predicted octanol–water partition coefficient (Wildman–Crippen LogP) is 4.00. The highest BCUT2D eigenvalue weighted by atomic mass is 32.2.